The predicted molar refractivity (Wildman–Crippen MR) is 115 cm³/mol. The van der Waals surface area contributed by atoms with Crippen molar-refractivity contribution < 1.29 is 18.0 Å². The summed E-state index contributed by atoms with van der Waals surface area (Å²) in [7, 11) is -3.80. The first kappa shape index (κ1) is 19.7. The average molecular weight is 421 g/mol. The summed E-state index contributed by atoms with van der Waals surface area (Å²) in [6.07, 6.45) is 0. The van der Waals surface area contributed by atoms with Crippen LogP contribution < -0.4 is 14.9 Å². The monoisotopic (exact) mass is 421 g/mol. The standard InChI is InChI=1S/C22H19N3O4S/c1-15-17(22(27)25-14-21(26)23-19-11-5-6-13-20(19)25)10-7-12-18(15)24-30(28,29)16-8-3-2-4-9-16/h2-13,24H,14H2,1H3,(H,23,26). The summed E-state index contributed by atoms with van der Waals surface area (Å²) in [5.41, 5.74) is 2.25. The molecule has 152 valence electrons. The molecule has 0 bridgehead atoms. The highest BCUT2D eigenvalue weighted by atomic mass is 32.2. The number of fused-ring (bicyclic) bond motifs is 1. The van der Waals surface area contributed by atoms with Gasteiger partial charge in [-0.25, -0.2) is 8.42 Å². The molecule has 8 heteroatoms. The highest BCUT2D eigenvalue weighted by Gasteiger charge is 2.29. The number of nitrogens with one attached hydrogen (secondary N) is 2. The molecule has 0 spiro atoms. The lowest BCUT2D eigenvalue weighted by Gasteiger charge is -2.29. The van der Waals surface area contributed by atoms with Gasteiger partial charge < -0.3 is 5.32 Å². The molecule has 1 heterocycles. The van der Waals surface area contributed by atoms with Gasteiger partial charge in [0.25, 0.3) is 15.9 Å². The molecule has 0 aromatic heterocycles. The van der Waals surface area contributed by atoms with Crippen LogP contribution in [0.4, 0.5) is 17.1 Å². The van der Waals surface area contributed by atoms with Gasteiger partial charge in [0.05, 0.1) is 22.0 Å². The molecule has 4 rings (SSSR count). The minimum atomic E-state index is -3.80. The van der Waals surface area contributed by atoms with E-state index in [0.717, 1.165) is 0 Å². The van der Waals surface area contributed by atoms with E-state index in [0.29, 0.717) is 28.2 Å². The SMILES string of the molecule is Cc1c(NS(=O)(=O)c2ccccc2)cccc1C(=O)N1CC(=O)Nc2ccccc21. The van der Waals surface area contributed by atoms with Crippen LogP contribution in [0.2, 0.25) is 0 Å². The summed E-state index contributed by atoms with van der Waals surface area (Å²) in [5, 5.41) is 2.75. The molecule has 7 nitrogen and oxygen atoms in total. The van der Waals surface area contributed by atoms with E-state index in [4.69, 9.17) is 0 Å². The van der Waals surface area contributed by atoms with Crippen LogP contribution in [-0.2, 0) is 14.8 Å². The third-order valence-corrected chi connectivity index (χ3v) is 6.26. The Morgan fingerprint density at radius 2 is 1.67 bits per heavy atom. The van der Waals surface area contributed by atoms with Crippen LogP contribution in [0.5, 0.6) is 0 Å². The van der Waals surface area contributed by atoms with E-state index in [9.17, 15) is 18.0 Å². The highest BCUT2D eigenvalue weighted by Crippen LogP contribution is 2.31. The number of nitrogens with zero attached hydrogens (tertiary/aromatic N) is 1. The maximum absolute atomic E-state index is 13.3. The number of carbonyl (C=O) groups is 2. The van der Waals surface area contributed by atoms with Crippen LogP contribution in [0, 0.1) is 6.92 Å². The molecule has 0 fully saturated rings. The Morgan fingerprint density at radius 3 is 2.43 bits per heavy atom. The Morgan fingerprint density at radius 1 is 0.967 bits per heavy atom. The fourth-order valence-corrected chi connectivity index (χ4v) is 4.48. The van der Waals surface area contributed by atoms with Gasteiger partial charge in [-0.1, -0.05) is 36.4 Å². The van der Waals surface area contributed by atoms with Gasteiger partial charge in [0.2, 0.25) is 5.91 Å². The lowest BCUT2D eigenvalue weighted by Crippen LogP contribution is -2.42. The largest absolute Gasteiger partial charge is 0.323 e. The summed E-state index contributed by atoms with van der Waals surface area (Å²) in [4.78, 5) is 26.9. The van der Waals surface area contributed by atoms with E-state index in [1.807, 2.05) is 0 Å². The van der Waals surface area contributed by atoms with Crippen LogP contribution in [0.25, 0.3) is 0 Å². The topological polar surface area (TPSA) is 95.6 Å². The smallest absolute Gasteiger partial charge is 0.261 e. The Hall–Kier alpha value is -3.65. The number of amides is 2. The number of hydrogen-bond donors (Lipinski definition) is 2. The van der Waals surface area contributed by atoms with Crippen molar-refractivity contribution in [2.45, 2.75) is 11.8 Å². The van der Waals surface area contributed by atoms with Gasteiger partial charge >= 0.3 is 0 Å². The Kier molecular flexibility index (Phi) is 5.01. The fourth-order valence-electron chi connectivity index (χ4n) is 3.34. The molecule has 3 aromatic rings. The molecule has 0 unspecified atom stereocenters. The summed E-state index contributed by atoms with van der Waals surface area (Å²) < 4.78 is 27.9. The number of rotatable bonds is 4. The van der Waals surface area contributed by atoms with E-state index in [1.54, 1.807) is 67.6 Å². The second-order valence-electron chi connectivity index (χ2n) is 6.85. The van der Waals surface area contributed by atoms with Crippen molar-refractivity contribution in [1.29, 1.82) is 0 Å². The predicted octanol–water partition coefficient (Wildman–Crippen LogP) is 3.39. The van der Waals surface area contributed by atoms with Crippen LogP contribution in [0.3, 0.4) is 0 Å². The minimum absolute atomic E-state index is 0.116. The van der Waals surface area contributed by atoms with E-state index in [2.05, 4.69) is 10.0 Å². The molecule has 3 aromatic carbocycles. The van der Waals surface area contributed by atoms with Gasteiger partial charge in [0.1, 0.15) is 6.54 Å². The molecule has 0 saturated carbocycles. The van der Waals surface area contributed by atoms with Gasteiger partial charge in [-0.15, -0.1) is 0 Å². The van der Waals surface area contributed by atoms with Gasteiger partial charge in [-0.05, 0) is 48.9 Å². The zero-order valence-corrected chi connectivity index (χ0v) is 16.9. The molecule has 1 aliphatic heterocycles. The van der Waals surface area contributed by atoms with Crippen molar-refractivity contribution in [3.05, 3.63) is 83.9 Å². The summed E-state index contributed by atoms with van der Waals surface area (Å²) in [5.74, 6) is -0.670. The zero-order chi connectivity index (χ0) is 21.3. The lowest BCUT2D eigenvalue weighted by molar-refractivity contribution is -0.115. The van der Waals surface area contributed by atoms with Gasteiger partial charge in [0, 0.05) is 5.56 Å². The average Bonchev–Trinajstić information content (AvgIpc) is 2.74. The van der Waals surface area contributed by atoms with Gasteiger partial charge in [-0.2, -0.15) is 0 Å². The number of anilines is 3. The Bertz CT molecular complexity index is 1240. The van der Waals surface area contributed by atoms with Gasteiger partial charge in [0.15, 0.2) is 0 Å². The molecule has 30 heavy (non-hydrogen) atoms. The van der Waals surface area contributed by atoms with E-state index in [1.165, 1.54) is 17.0 Å². The molecular weight excluding hydrogens is 402 g/mol. The van der Waals surface area contributed by atoms with E-state index >= 15 is 0 Å². The molecule has 1 aliphatic rings. The van der Waals surface area contributed by atoms with Crippen molar-refractivity contribution in [2.24, 2.45) is 0 Å². The number of para-hydroxylation sites is 2. The van der Waals surface area contributed by atoms with E-state index in [-0.39, 0.29) is 23.3 Å². The van der Waals surface area contributed by atoms with Crippen molar-refractivity contribution in [3.63, 3.8) is 0 Å². The molecule has 2 N–H and O–H groups in total. The lowest BCUT2D eigenvalue weighted by atomic mass is 10.0. The number of carbonyl (C=O) groups excluding carboxylic acids is 2. The molecule has 0 atom stereocenters. The first-order chi connectivity index (χ1) is 14.4. The van der Waals surface area contributed by atoms with Crippen LogP contribution in [0.15, 0.2) is 77.7 Å². The summed E-state index contributed by atoms with van der Waals surface area (Å²) in [6, 6.07) is 19.9. The maximum atomic E-state index is 13.3. The second-order valence-corrected chi connectivity index (χ2v) is 8.54. The number of hydrogen-bond acceptors (Lipinski definition) is 4. The molecule has 0 radical (unpaired) electrons. The molecule has 0 saturated heterocycles. The van der Waals surface area contributed by atoms with Crippen molar-refractivity contribution in [3.8, 4) is 0 Å². The van der Waals surface area contributed by atoms with Crippen LogP contribution in [-0.4, -0.2) is 26.8 Å². The summed E-state index contributed by atoms with van der Waals surface area (Å²) >= 11 is 0. The first-order valence-corrected chi connectivity index (χ1v) is 10.7. The Balaban J connectivity index is 1.69. The normalized spacial score (nSPS) is 13.4. The summed E-state index contributed by atoms with van der Waals surface area (Å²) in [6.45, 7) is 1.56. The first-order valence-electron chi connectivity index (χ1n) is 9.25. The number of benzene rings is 3. The third-order valence-electron chi connectivity index (χ3n) is 4.88. The third kappa shape index (κ3) is 3.65. The minimum Gasteiger partial charge on any atom is -0.323 e. The maximum Gasteiger partial charge on any atom is 0.261 e. The quantitative estimate of drug-likeness (QED) is 0.675. The second kappa shape index (κ2) is 7.64. The van der Waals surface area contributed by atoms with Crippen LogP contribution >= 0.6 is 0 Å². The molecule has 0 aliphatic carbocycles. The van der Waals surface area contributed by atoms with Crippen molar-refractivity contribution in [1.82, 2.24) is 0 Å². The van der Waals surface area contributed by atoms with E-state index < -0.39 is 10.0 Å². The number of sulfonamides is 1. The fraction of sp³-hybridized carbons (Fsp3) is 0.0909. The van der Waals surface area contributed by atoms with Gasteiger partial charge in [-0.3, -0.25) is 19.2 Å². The van der Waals surface area contributed by atoms with Crippen LogP contribution in [0.1, 0.15) is 15.9 Å². The van der Waals surface area contributed by atoms with Crippen molar-refractivity contribution in [2.75, 3.05) is 21.5 Å². The highest BCUT2D eigenvalue weighted by molar-refractivity contribution is 7.92. The zero-order valence-electron chi connectivity index (χ0n) is 16.1. The molecular formula is C22H19N3O4S. The molecule has 2 amide bonds. The van der Waals surface area contributed by atoms with Crippen molar-refractivity contribution >= 4 is 38.9 Å². The Labute approximate surface area is 174 Å².